The van der Waals surface area contributed by atoms with Crippen LogP contribution >= 0.6 is 24.0 Å². The van der Waals surface area contributed by atoms with E-state index in [-0.39, 0.29) is 23.1 Å². The van der Waals surface area contributed by atoms with Crippen LogP contribution in [0.1, 0.15) is 54.6 Å². The highest BCUT2D eigenvalue weighted by molar-refractivity contribution is 8.26. The molecule has 2 aromatic rings. The van der Waals surface area contributed by atoms with Gasteiger partial charge in [-0.15, -0.1) is 0 Å². The summed E-state index contributed by atoms with van der Waals surface area (Å²) in [4.78, 5) is 28.3. The van der Waals surface area contributed by atoms with Gasteiger partial charge in [0, 0.05) is 18.7 Å². The van der Waals surface area contributed by atoms with Gasteiger partial charge in [-0.25, -0.2) is 0 Å². The second kappa shape index (κ2) is 9.35. The van der Waals surface area contributed by atoms with Crippen molar-refractivity contribution < 1.29 is 9.21 Å². The zero-order chi connectivity index (χ0) is 22.8. The summed E-state index contributed by atoms with van der Waals surface area (Å²) in [7, 11) is 1.61. The molecule has 1 saturated heterocycles. The number of nitrogens with zero attached hydrogens (tertiary/aromatic N) is 3. The van der Waals surface area contributed by atoms with Crippen molar-refractivity contribution in [3.63, 3.8) is 0 Å². The SMILES string of the molecule is Cc1c(/C=C2\SC(=S)N(C3CCCCC3)C2=O)c(NCc2ccco2)n(C)c(=O)c1C#N. The van der Waals surface area contributed by atoms with E-state index in [0.29, 0.717) is 38.5 Å². The molecular weight excluding hydrogens is 444 g/mol. The van der Waals surface area contributed by atoms with Gasteiger partial charge < -0.3 is 9.73 Å². The Labute approximate surface area is 196 Å². The van der Waals surface area contributed by atoms with E-state index in [0.717, 1.165) is 25.7 Å². The van der Waals surface area contributed by atoms with Crippen molar-refractivity contribution in [2.45, 2.75) is 51.6 Å². The maximum atomic E-state index is 13.3. The molecule has 1 aliphatic carbocycles. The van der Waals surface area contributed by atoms with Crippen molar-refractivity contribution in [1.82, 2.24) is 9.47 Å². The van der Waals surface area contributed by atoms with Gasteiger partial charge in [-0.3, -0.25) is 19.1 Å². The minimum absolute atomic E-state index is 0.0602. The summed E-state index contributed by atoms with van der Waals surface area (Å²) in [5.74, 6) is 1.12. The molecule has 4 rings (SSSR count). The molecule has 0 spiro atoms. The number of nitrogens with one attached hydrogen (secondary N) is 1. The lowest BCUT2D eigenvalue weighted by Gasteiger charge is -2.29. The molecule has 166 valence electrons. The average Bonchev–Trinajstić information content (AvgIpc) is 3.40. The molecule has 7 nitrogen and oxygen atoms in total. The number of amides is 1. The molecular formula is C23H24N4O3S2. The fraction of sp³-hybridized carbons (Fsp3) is 0.391. The number of carbonyl (C=O) groups excluding carboxylic acids is 1. The van der Waals surface area contributed by atoms with Crippen LogP contribution in [0.15, 0.2) is 32.5 Å². The smallest absolute Gasteiger partial charge is 0.270 e. The average molecular weight is 469 g/mol. The number of rotatable bonds is 5. The Morgan fingerprint density at radius 1 is 1.34 bits per heavy atom. The molecule has 2 aliphatic rings. The predicted octanol–water partition coefficient (Wildman–Crippen LogP) is 4.30. The molecule has 0 radical (unpaired) electrons. The highest BCUT2D eigenvalue weighted by Gasteiger charge is 2.37. The van der Waals surface area contributed by atoms with Crippen molar-refractivity contribution >= 4 is 46.1 Å². The van der Waals surface area contributed by atoms with E-state index in [4.69, 9.17) is 16.6 Å². The van der Waals surface area contributed by atoms with Gasteiger partial charge in [0.05, 0.1) is 17.7 Å². The number of hydrogen-bond donors (Lipinski definition) is 1. The second-order valence-electron chi connectivity index (χ2n) is 8.01. The maximum absolute atomic E-state index is 13.3. The van der Waals surface area contributed by atoms with Crippen LogP contribution in [0.5, 0.6) is 0 Å². The minimum atomic E-state index is -0.390. The molecule has 0 aromatic carbocycles. The topological polar surface area (TPSA) is 91.3 Å². The zero-order valence-electron chi connectivity index (χ0n) is 18.0. The molecule has 9 heteroatoms. The van der Waals surface area contributed by atoms with E-state index in [1.54, 1.807) is 37.3 Å². The first kappa shape index (κ1) is 22.4. The van der Waals surface area contributed by atoms with E-state index in [9.17, 15) is 14.9 Å². The van der Waals surface area contributed by atoms with Crippen LogP contribution in [-0.2, 0) is 18.4 Å². The fourth-order valence-corrected chi connectivity index (χ4v) is 5.68. The summed E-state index contributed by atoms with van der Waals surface area (Å²) in [5.41, 5.74) is 0.823. The summed E-state index contributed by atoms with van der Waals surface area (Å²) in [5, 5.41) is 12.8. The minimum Gasteiger partial charge on any atom is -0.467 e. The molecule has 1 N–H and O–H groups in total. The van der Waals surface area contributed by atoms with Gasteiger partial charge in [-0.2, -0.15) is 5.26 Å². The van der Waals surface area contributed by atoms with Gasteiger partial charge in [-0.1, -0.05) is 43.2 Å². The third kappa shape index (κ3) is 4.12. The Bertz CT molecular complexity index is 1190. The Morgan fingerprint density at radius 2 is 2.09 bits per heavy atom. The number of nitriles is 1. The van der Waals surface area contributed by atoms with E-state index < -0.39 is 0 Å². The summed E-state index contributed by atoms with van der Waals surface area (Å²) < 4.78 is 7.36. The standard InChI is InChI=1S/C23H24N4O3S2/c1-14-17(11-19-22(29)27(23(31)32-19)15-7-4-3-5-8-15)20(25-13-16-9-6-10-30-16)26(2)21(28)18(14)12-24/h6,9-11,15,25H,3-5,7-8,13H2,1-2H3/b19-11-. The van der Waals surface area contributed by atoms with Crippen LogP contribution in [-0.4, -0.2) is 25.7 Å². The van der Waals surface area contributed by atoms with Gasteiger partial charge in [0.2, 0.25) is 0 Å². The third-order valence-corrected chi connectivity index (χ3v) is 7.38. The number of thioether (sulfide) groups is 1. The van der Waals surface area contributed by atoms with Crippen molar-refractivity contribution in [2.24, 2.45) is 7.05 Å². The Morgan fingerprint density at radius 3 is 2.75 bits per heavy atom. The zero-order valence-corrected chi connectivity index (χ0v) is 19.6. The molecule has 32 heavy (non-hydrogen) atoms. The van der Waals surface area contributed by atoms with Crippen molar-refractivity contribution in [2.75, 3.05) is 5.32 Å². The van der Waals surface area contributed by atoms with E-state index >= 15 is 0 Å². The lowest BCUT2D eigenvalue weighted by molar-refractivity contribution is -0.124. The number of anilines is 1. The summed E-state index contributed by atoms with van der Waals surface area (Å²) in [6.07, 6.45) is 8.67. The number of hydrogen-bond acceptors (Lipinski definition) is 7. The first-order valence-electron chi connectivity index (χ1n) is 10.6. The van der Waals surface area contributed by atoms with E-state index in [2.05, 4.69) is 5.32 Å². The molecule has 0 atom stereocenters. The molecule has 1 aliphatic heterocycles. The first-order chi connectivity index (χ1) is 15.4. The van der Waals surface area contributed by atoms with Crippen molar-refractivity contribution in [3.8, 4) is 6.07 Å². The van der Waals surface area contributed by atoms with Crippen molar-refractivity contribution in [3.05, 3.63) is 56.1 Å². The first-order valence-corrected chi connectivity index (χ1v) is 11.8. The number of aromatic nitrogens is 1. The highest BCUT2D eigenvalue weighted by Crippen LogP contribution is 2.38. The van der Waals surface area contributed by atoms with Gasteiger partial charge in [0.15, 0.2) is 0 Å². The molecule has 2 fully saturated rings. The quantitative estimate of drug-likeness (QED) is 0.517. The molecule has 1 saturated carbocycles. The number of carbonyl (C=O) groups is 1. The van der Waals surface area contributed by atoms with Gasteiger partial charge in [-0.05, 0) is 43.5 Å². The monoisotopic (exact) mass is 468 g/mol. The fourth-order valence-electron chi connectivity index (χ4n) is 4.29. The second-order valence-corrected chi connectivity index (χ2v) is 9.69. The Kier molecular flexibility index (Phi) is 6.53. The van der Waals surface area contributed by atoms with Crippen LogP contribution in [0, 0.1) is 18.3 Å². The maximum Gasteiger partial charge on any atom is 0.270 e. The van der Waals surface area contributed by atoms with Crippen LogP contribution in [0.25, 0.3) is 6.08 Å². The number of thiocarbonyl (C=S) groups is 1. The number of pyridine rings is 1. The van der Waals surface area contributed by atoms with Crippen LogP contribution < -0.4 is 10.9 Å². The summed E-state index contributed by atoms with van der Waals surface area (Å²) in [6, 6.07) is 5.78. The molecule has 2 aromatic heterocycles. The summed E-state index contributed by atoms with van der Waals surface area (Å²) >= 11 is 6.83. The summed E-state index contributed by atoms with van der Waals surface area (Å²) in [6.45, 7) is 2.08. The predicted molar refractivity (Wildman–Crippen MR) is 129 cm³/mol. The molecule has 0 bridgehead atoms. The van der Waals surface area contributed by atoms with E-state index in [1.807, 2.05) is 12.1 Å². The van der Waals surface area contributed by atoms with Gasteiger partial charge in [0.1, 0.15) is 27.5 Å². The third-order valence-electron chi connectivity index (χ3n) is 6.05. The van der Waals surface area contributed by atoms with Crippen LogP contribution in [0.3, 0.4) is 0 Å². The van der Waals surface area contributed by atoms with Gasteiger partial charge in [0.25, 0.3) is 11.5 Å². The molecule has 3 heterocycles. The Hall–Kier alpha value is -2.83. The Balaban J connectivity index is 1.74. The van der Waals surface area contributed by atoms with Crippen LogP contribution in [0.4, 0.5) is 5.82 Å². The van der Waals surface area contributed by atoms with Gasteiger partial charge >= 0.3 is 0 Å². The van der Waals surface area contributed by atoms with E-state index in [1.165, 1.54) is 22.7 Å². The normalized spacial score (nSPS) is 18.4. The lowest BCUT2D eigenvalue weighted by Crippen LogP contribution is -2.39. The molecule has 1 amide bonds. The number of furan rings is 1. The largest absolute Gasteiger partial charge is 0.467 e. The lowest BCUT2D eigenvalue weighted by atomic mass is 9.94. The van der Waals surface area contributed by atoms with Crippen LogP contribution in [0.2, 0.25) is 0 Å². The highest BCUT2D eigenvalue weighted by atomic mass is 32.2. The van der Waals surface area contributed by atoms with Crippen molar-refractivity contribution in [1.29, 1.82) is 5.26 Å². The molecule has 0 unspecified atom stereocenters.